The number of hydrogen-bond donors (Lipinski definition) is 1. The van der Waals surface area contributed by atoms with Gasteiger partial charge in [-0.2, -0.15) is 0 Å². The number of carbonyl (C=O) groups excluding carboxylic acids is 2. The number of hydrogen-bond acceptors (Lipinski definition) is 4. The Morgan fingerprint density at radius 2 is 1.89 bits per heavy atom. The molecule has 1 N–H and O–H groups in total. The van der Waals surface area contributed by atoms with Gasteiger partial charge in [0, 0.05) is 6.54 Å². The number of carbonyl (C=O) groups is 2. The third-order valence-corrected chi connectivity index (χ3v) is 4.21. The number of halogens is 1. The maximum absolute atomic E-state index is 12.8. The Balaban J connectivity index is 1.43. The summed E-state index contributed by atoms with van der Waals surface area (Å²) in [6.07, 6.45) is -0.165. The third-order valence-electron chi connectivity index (χ3n) is 4.21. The number of morpholine rings is 1. The molecular weight excluding hydrogens is 351 g/mol. The minimum absolute atomic E-state index is 0.104. The van der Waals surface area contributed by atoms with Gasteiger partial charge in [-0.1, -0.05) is 30.3 Å². The van der Waals surface area contributed by atoms with Crippen LogP contribution in [0.25, 0.3) is 0 Å². The van der Waals surface area contributed by atoms with Crippen LogP contribution in [0.3, 0.4) is 0 Å². The van der Waals surface area contributed by atoms with Crippen LogP contribution in [0.15, 0.2) is 54.6 Å². The standard InChI is InChI=1S/C20H21FN2O4/c21-16-6-8-17(9-7-16)27-14-19(24)22-12-20(25)23-10-11-26-18(13-23)15-4-2-1-3-5-15/h1-9,18H,10-14H2,(H,22,24). The molecule has 0 aliphatic carbocycles. The Morgan fingerprint density at radius 3 is 2.63 bits per heavy atom. The molecule has 1 atom stereocenters. The normalized spacial score (nSPS) is 16.6. The fraction of sp³-hybridized carbons (Fsp3) is 0.300. The molecule has 142 valence electrons. The SMILES string of the molecule is O=C(COc1ccc(F)cc1)NCC(=O)N1CCOC(c2ccccc2)C1. The van der Waals surface area contributed by atoms with Crippen LogP contribution in [0, 0.1) is 5.82 Å². The van der Waals surface area contributed by atoms with E-state index in [1.165, 1.54) is 24.3 Å². The second kappa shape index (κ2) is 9.14. The van der Waals surface area contributed by atoms with E-state index in [1.54, 1.807) is 4.90 Å². The smallest absolute Gasteiger partial charge is 0.258 e. The van der Waals surface area contributed by atoms with Gasteiger partial charge in [-0.3, -0.25) is 9.59 Å². The van der Waals surface area contributed by atoms with Gasteiger partial charge in [-0.05, 0) is 29.8 Å². The summed E-state index contributed by atoms with van der Waals surface area (Å²) >= 11 is 0. The van der Waals surface area contributed by atoms with Crippen LogP contribution < -0.4 is 10.1 Å². The first-order chi connectivity index (χ1) is 13.1. The third kappa shape index (κ3) is 5.52. The van der Waals surface area contributed by atoms with Gasteiger partial charge in [0.25, 0.3) is 5.91 Å². The summed E-state index contributed by atoms with van der Waals surface area (Å²) in [5.41, 5.74) is 1.02. The Hall–Kier alpha value is -2.93. The molecule has 0 saturated carbocycles. The minimum Gasteiger partial charge on any atom is -0.484 e. The van der Waals surface area contributed by atoms with Crippen molar-refractivity contribution >= 4 is 11.8 Å². The zero-order valence-electron chi connectivity index (χ0n) is 14.8. The summed E-state index contributed by atoms with van der Waals surface area (Å²) in [4.78, 5) is 25.9. The number of nitrogens with zero attached hydrogens (tertiary/aromatic N) is 1. The summed E-state index contributed by atoms with van der Waals surface area (Å²) < 4.78 is 23.8. The van der Waals surface area contributed by atoms with Crippen LogP contribution in [0.5, 0.6) is 5.75 Å². The highest BCUT2D eigenvalue weighted by Gasteiger charge is 2.25. The average molecular weight is 372 g/mol. The molecule has 1 fully saturated rings. The van der Waals surface area contributed by atoms with E-state index in [0.717, 1.165) is 5.56 Å². The predicted molar refractivity (Wildman–Crippen MR) is 96.6 cm³/mol. The van der Waals surface area contributed by atoms with E-state index in [1.807, 2.05) is 30.3 Å². The fourth-order valence-electron chi connectivity index (χ4n) is 2.76. The molecule has 7 heteroatoms. The number of nitrogens with one attached hydrogen (secondary N) is 1. The van der Waals surface area contributed by atoms with Gasteiger partial charge in [-0.15, -0.1) is 0 Å². The van der Waals surface area contributed by atoms with Crippen LogP contribution >= 0.6 is 0 Å². The quantitative estimate of drug-likeness (QED) is 0.841. The molecule has 1 heterocycles. The Bertz CT molecular complexity index is 767. The van der Waals surface area contributed by atoms with Crippen molar-refractivity contribution in [3.63, 3.8) is 0 Å². The summed E-state index contributed by atoms with van der Waals surface area (Å²) in [7, 11) is 0. The fourth-order valence-corrected chi connectivity index (χ4v) is 2.76. The van der Waals surface area contributed by atoms with Gasteiger partial charge in [0.2, 0.25) is 5.91 Å². The molecule has 1 aliphatic rings. The summed E-state index contributed by atoms with van der Waals surface area (Å²) in [5.74, 6) is -0.580. The molecule has 2 aromatic carbocycles. The number of amides is 2. The van der Waals surface area contributed by atoms with Crippen LogP contribution in [0.2, 0.25) is 0 Å². The molecule has 0 aromatic heterocycles. The van der Waals surface area contributed by atoms with Crippen molar-refractivity contribution in [2.24, 2.45) is 0 Å². The van der Waals surface area contributed by atoms with E-state index in [9.17, 15) is 14.0 Å². The van der Waals surface area contributed by atoms with Gasteiger partial charge >= 0.3 is 0 Å². The number of rotatable bonds is 6. The summed E-state index contributed by atoms with van der Waals surface area (Å²) in [6.45, 7) is 1.05. The molecule has 3 rings (SSSR count). The lowest BCUT2D eigenvalue weighted by Crippen LogP contribution is -2.47. The largest absolute Gasteiger partial charge is 0.484 e. The maximum Gasteiger partial charge on any atom is 0.258 e. The number of benzene rings is 2. The van der Waals surface area contributed by atoms with Gasteiger partial charge in [0.1, 0.15) is 17.7 Å². The van der Waals surface area contributed by atoms with E-state index in [-0.39, 0.29) is 31.0 Å². The van der Waals surface area contributed by atoms with E-state index in [2.05, 4.69) is 5.32 Å². The molecule has 0 radical (unpaired) electrons. The molecule has 0 bridgehead atoms. The number of ether oxygens (including phenoxy) is 2. The van der Waals surface area contributed by atoms with Crippen LogP contribution in [0.1, 0.15) is 11.7 Å². The highest BCUT2D eigenvalue weighted by molar-refractivity contribution is 5.85. The lowest BCUT2D eigenvalue weighted by atomic mass is 10.1. The molecular formula is C20H21FN2O4. The molecule has 2 amide bonds. The van der Waals surface area contributed by atoms with Crippen molar-refractivity contribution in [3.05, 3.63) is 66.0 Å². The zero-order valence-corrected chi connectivity index (χ0v) is 14.8. The Morgan fingerprint density at radius 1 is 1.15 bits per heavy atom. The molecule has 1 saturated heterocycles. The molecule has 0 spiro atoms. The highest BCUT2D eigenvalue weighted by atomic mass is 19.1. The average Bonchev–Trinajstić information content (AvgIpc) is 2.72. The van der Waals surface area contributed by atoms with Crippen molar-refractivity contribution in [3.8, 4) is 5.75 Å². The van der Waals surface area contributed by atoms with Crippen LogP contribution in [-0.4, -0.2) is 49.6 Å². The van der Waals surface area contributed by atoms with Crippen molar-refractivity contribution in [2.75, 3.05) is 32.8 Å². The summed E-state index contributed by atoms with van der Waals surface area (Å²) in [5, 5.41) is 2.55. The van der Waals surface area contributed by atoms with Gasteiger partial charge in [-0.25, -0.2) is 4.39 Å². The van der Waals surface area contributed by atoms with Crippen molar-refractivity contribution in [1.29, 1.82) is 0 Å². The summed E-state index contributed by atoms with van der Waals surface area (Å²) in [6, 6.07) is 15.1. The molecule has 6 nitrogen and oxygen atoms in total. The lowest BCUT2D eigenvalue weighted by molar-refractivity contribution is -0.139. The van der Waals surface area contributed by atoms with Crippen molar-refractivity contribution < 1.29 is 23.5 Å². The van der Waals surface area contributed by atoms with E-state index < -0.39 is 5.91 Å². The zero-order chi connectivity index (χ0) is 19.1. The van der Waals surface area contributed by atoms with E-state index >= 15 is 0 Å². The Kier molecular flexibility index (Phi) is 6.38. The first-order valence-electron chi connectivity index (χ1n) is 8.71. The van der Waals surface area contributed by atoms with Gasteiger partial charge in [0.15, 0.2) is 6.61 Å². The molecule has 1 aliphatic heterocycles. The molecule has 27 heavy (non-hydrogen) atoms. The highest BCUT2D eigenvalue weighted by Crippen LogP contribution is 2.21. The van der Waals surface area contributed by atoms with Gasteiger partial charge < -0.3 is 19.7 Å². The second-order valence-corrected chi connectivity index (χ2v) is 6.13. The lowest BCUT2D eigenvalue weighted by Gasteiger charge is -2.33. The maximum atomic E-state index is 12.8. The second-order valence-electron chi connectivity index (χ2n) is 6.13. The Labute approximate surface area is 156 Å². The molecule has 2 aromatic rings. The van der Waals surface area contributed by atoms with Crippen LogP contribution in [0.4, 0.5) is 4.39 Å². The van der Waals surface area contributed by atoms with Crippen LogP contribution in [-0.2, 0) is 14.3 Å². The minimum atomic E-state index is -0.416. The van der Waals surface area contributed by atoms with Gasteiger partial charge in [0.05, 0.1) is 19.7 Å². The first kappa shape index (κ1) is 18.8. The van der Waals surface area contributed by atoms with Crippen molar-refractivity contribution in [1.82, 2.24) is 10.2 Å². The topological polar surface area (TPSA) is 67.9 Å². The first-order valence-corrected chi connectivity index (χ1v) is 8.71. The van der Waals surface area contributed by atoms with E-state index in [0.29, 0.717) is 25.4 Å². The van der Waals surface area contributed by atoms with E-state index in [4.69, 9.17) is 9.47 Å². The predicted octanol–water partition coefficient (Wildman–Crippen LogP) is 1.92. The molecule has 1 unspecified atom stereocenters. The monoisotopic (exact) mass is 372 g/mol. The van der Waals surface area contributed by atoms with Crippen molar-refractivity contribution in [2.45, 2.75) is 6.10 Å².